The average molecular weight is 500 g/mol. The number of amides is 1. The van der Waals surface area contributed by atoms with Gasteiger partial charge in [0.15, 0.2) is 9.84 Å². The summed E-state index contributed by atoms with van der Waals surface area (Å²) in [6.45, 7) is 4.56. The number of nitrogens with zero attached hydrogens (tertiary/aromatic N) is 1. The number of ether oxygens (including phenoxy) is 1. The molecule has 0 aromatic heterocycles. The van der Waals surface area contributed by atoms with Gasteiger partial charge in [-0.25, -0.2) is 22.0 Å². The second kappa shape index (κ2) is 10.8. The summed E-state index contributed by atoms with van der Waals surface area (Å²) in [6.07, 6.45) is 2.31. The molecule has 2 aromatic carbocycles. The molecule has 0 radical (unpaired) electrons. The van der Waals surface area contributed by atoms with Gasteiger partial charge in [-0.3, -0.25) is 0 Å². The van der Waals surface area contributed by atoms with Crippen molar-refractivity contribution in [3.63, 3.8) is 0 Å². The van der Waals surface area contributed by atoms with Crippen LogP contribution in [0.25, 0.3) is 0 Å². The van der Waals surface area contributed by atoms with Gasteiger partial charge >= 0.3 is 6.09 Å². The number of sulfone groups is 1. The van der Waals surface area contributed by atoms with Crippen molar-refractivity contribution < 1.29 is 26.7 Å². The van der Waals surface area contributed by atoms with Gasteiger partial charge in [-0.15, -0.1) is 0 Å². The molecular formula is C24H28ClF2NO4S. The van der Waals surface area contributed by atoms with E-state index in [2.05, 4.69) is 6.92 Å². The topological polar surface area (TPSA) is 63.7 Å². The van der Waals surface area contributed by atoms with Gasteiger partial charge in [0, 0.05) is 29.6 Å². The average Bonchev–Trinajstić information content (AvgIpc) is 2.80. The van der Waals surface area contributed by atoms with Crippen molar-refractivity contribution in [1.29, 1.82) is 0 Å². The highest BCUT2D eigenvalue weighted by Gasteiger charge is 2.37. The minimum Gasteiger partial charge on any atom is -0.449 e. The molecule has 0 unspecified atom stereocenters. The van der Waals surface area contributed by atoms with Crippen LogP contribution in [0.4, 0.5) is 13.6 Å². The Bertz CT molecular complexity index is 1070. The van der Waals surface area contributed by atoms with Crippen LogP contribution in [0.2, 0.25) is 5.02 Å². The molecule has 2 atom stereocenters. The fourth-order valence-electron chi connectivity index (χ4n) is 4.19. The fourth-order valence-corrected chi connectivity index (χ4v) is 6.33. The van der Waals surface area contributed by atoms with Gasteiger partial charge in [-0.1, -0.05) is 31.9 Å². The van der Waals surface area contributed by atoms with Crippen LogP contribution in [-0.2, 0) is 14.6 Å². The quantitative estimate of drug-likeness (QED) is 0.466. The number of hydrogen-bond acceptors (Lipinski definition) is 4. The third-order valence-corrected chi connectivity index (χ3v) is 8.75. The third-order valence-electron chi connectivity index (χ3n) is 6.18. The molecule has 2 aromatic rings. The smallest absolute Gasteiger partial charge is 0.409 e. The Kier molecular flexibility index (Phi) is 8.34. The zero-order chi connectivity index (χ0) is 24.2. The van der Waals surface area contributed by atoms with Gasteiger partial charge in [0.25, 0.3) is 0 Å². The first-order valence-electron chi connectivity index (χ1n) is 11.0. The molecule has 0 N–H and O–H groups in total. The lowest BCUT2D eigenvalue weighted by Gasteiger charge is -2.31. The highest BCUT2D eigenvalue weighted by Crippen LogP contribution is 2.37. The summed E-state index contributed by atoms with van der Waals surface area (Å²) in [5, 5.41) is -1.12. The molecule has 33 heavy (non-hydrogen) atoms. The summed E-state index contributed by atoms with van der Waals surface area (Å²) in [7, 11) is -4.16. The molecule has 180 valence electrons. The van der Waals surface area contributed by atoms with E-state index in [4.69, 9.17) is 16.3 Å². The van der Waals surface area contributed by atoms with Crippen LogP contribution in [0.5, 0.6) is 0 Å². The second-order valence-electron chi connectivity index (χ2n) is 8.48. The lowest BCUT2D eigenvalue weighted by molar-refractivity contribution is 0.0760. The summed E-state index contributed by atoms with van der Waals surface area (Å²) < 4.78 is 61.0. The van der Waals surface area contributed by atoms with Gasteiger partial charge < -0.3 is 9.64 Å². The van der Waals surface area contributed by atoms with E-state index >= 15 is 0 Å². The Balaban J connectivity index is 1.84. The number of piperidine rings is 1. The Morgan fingerprint density at radius 3 is 2.39 bits per heavy atom. The molecule has 1 aliphatic heterocycles. The van der Waals surface area contributed by atoms with E-state index in [-0.39, 0.29) is 17.1 Å². The van der Waals surface area contributed by atoms with Crippen LogP contribution in [0.1, 0.15) is 43.9 Å². The lowest BCUT2D eigenvalue weighted by atomic mass is 9.95. The number of rotatable bonds is 7. The van der Waals surface area contributed by atoms with E-state index < -0.39 is 38.7 Å². The summed E-state index contributed by atoms with van der Waals surface area (Å²) in [5.74, 6) is -1.87. The maximum absolute atomic E-state index is 14.7. The van der Waals surface area contributed by atoms with Gasteiger partial charge in [0.2, 0.25) is 0 Å². The van der Waals surface area contributed by atoms with E-state index in [1.807, 2.05) is 0 Å². The molecule has 1 fully saturated rings. The molecule has 1 saturated heterocycles. The predicted octanol–water partition coefficient (Wildman–Crippen LogP) is 6.03. The van der Waals surface area contributed by atoms with Crippen molar-refractivity contribution in [1.82, 2.24) is 4.90 Å². The SMILES string of the molecule is CCC1CCN(C(=O)OC[C@@H](C)[C@@H](c2cc(F)ccc2F)S(=O)(=O)c2ccc(Cl)cc2)CC1. The standard InChI is InChI=1S/C24H28ClF2NO4S/c1-3-17-10-12-28(13-11-17)24(29)32-15-16(2)23(21-14-19(26)6-9-22(21)27)33(30,31)20-7-4-18(25)5-8-20/h4-9,14,16-17,23H,3,10-13,15H2,1-2H3/t16-,23+/m1/s1. The minimum absolute atomic E-state index is 0.0830. The molecule has 0 bridgehead atoms. The first-order chi connectivity index (χ1) is 15.6. The summed E-state index contributed by atoms with van der Waals surface area (Å²) in [5.41, 5.74) is -0.308. The van der Waals surface area contributed by atoms with Gasteiger partial charge in [0.05, 0.1) is 16.8 Å². The van der Waals surface area contributed by atoms with Crippen LogP contribution in [0.15, 0.2) is 47.4 Å². The second-order valence-corrected chi connectivity index (χ2v) is 11.0. The van der Waals surface area contributed by atoms with Crippen molar-refractivity contribution >= 4 is 27.5 Å². The van der Waals surface area contributed by atoms with Gasteiger partial charge in [0.1, 0.15) is 11.6 Å². The Morgan fingerprint density at radius 2 is 1.79 bits per heavy atom. The van der Waals surface area contributed by atoms with Crippen molar-refractivity contribution in [2.75, 3.05) is 19.7 Å². The molecule has 0 aliphatic carbocycles. The van der Waals surface area contributed by atoms with Gasteiger partial charge in [-0.2, -0.15) is 0 Å². The van der Waals surface area contributed by atoms with Crippen molar-refractivity contribution in [2.45, 2.75) is 43.3 Å². The van der Waals surface area contributed by atoms with Crippen LogP contribution < -0.4 is 0 Å². The van der Waals surface area contributed by atoms with Crippen LogP contribution >= 0.6 is 11.6 Å². The minimum atomic E-state index is -4.16. The fraction of sp³-hybridized carbons (Fsp3) is 0.458. The first-order valence-corrected chi connectivity index (χ1v) is 12.9. The molecule has 3 rings (SSSR count). The lowest BCUT2D eigenvalue weighted by Crippen LogP contribution is -2.39. The monoisotopic (exact) mass is 499 g/mol. The number of carbonyl (C=O) groups is 1. The van der Waals surface area contributed by atoms with E-state index in [1.165, 1.54) is 24.3 Å². The molecule has 1 amide bonds. The van der Waals surface area contributed by atoms with Gasteiger partial charge in [-0.05, 0) is 61.2 Å². The predicted molar refractivity (Wildman–Crippen MR) is 123 cm³/mol. The third kappa shape index (κ3) is 6.03. The van der Waals surface area contributed by atoms with Crippen LogP contribution in [0.3, 0.4) is 0 Å². The van der Waals surface area contributed by atoms with E-state index in [0.717, 1.165) is 37.5 Å². The van der Waals surface area contributed by atoms with E-state index in [0.29, 0.717) is 24.0 Å². The largest absolute Gasteiger partial charge is 0.449 e. The number of benzene rings is 2. The Labute approximate surface area is 198 Å². The molecule has 5 nitrogen and oxygen atoms in total. The van der Waals surface area contributed by atoms with Crippen LogP contribution in [0, 0.1) is 23.5 Å². The molecular weight excluding hydrogens is 472 g/mol. The maximum atomic E-state index is 14.7. The van der Waals surface area contributed by atoms with Crippen molar-refractivity contribution in [3.8, 4) is 0 Å². The molecule has 0 spiro atoms. The summed E-state index contributed by atoms with van der Waals surface area (Å²) in [4.78, 5) is 14.1. The Morgan fingerprint density at radius 1 is 1.15 bits per heavy atom. The first kappa shape index (κ1) is 25.4. The molecule has 0 saturated carbocycles. The van der Waals surface area contributed by atoms with E-state index in [1.54, 1.807) is 11.8 Å². The van der Waals surface area contributed by atoms with Crippen LogP contribution in [-0.4, -0.2) is 39.1 Å². The molecule has 1 heterocycles. The number of carbonyl (C=O) groups excluding carboxylic acids is 1. The number of halogens is 3. The molecule has 1 aliphatic rings. The molecule has 9 heteroatoms. The zero-order valence-electron chi connectivity index (χ0n) is 18.6. The van der Waals surface area contributed by atoms with E-state index in [9.17, 15) is 22.0 Å². The van der Waals surface area contributed by atoms with Crippen molar-refractivity contribution in [2.24, 2.45) is 11.8 Å². The summed E-state index contributed by atoms with van der Waals surface area (Å²) >= 11 is 5.88. The van der Waals surface area contributed by atoms with Crippen molar-refractivity contribution in [3.05, 3.63) is 64.7 Å². The zero-order valence-corrected chi connectivity index (χ0v) is 20.2. The number of hydrogen-bond donors (Lipinski definition) is 0. The Hall–Kier alpha value is -2.19. The normalized spacial score (nSPS) is 16.9. The highest BCUT2D eigenvalue weighted by atomic mass is 35.5. The summed E-state index contributed by atoms with van der Waals surface area (Å²) in [6, 6.07) is 8.16. The number of likely N-dealkylation sites (tertiary alicyclic amines) is 1. The highest BCUT2D eigenvalue weighted by molar-refractivity contribution is 7.91. The maximum Gasteiger partial charge on any atom is 0.409 e.